The van der Waals surface area contributed by atoms with Crippen LogP contribution in [0.2, 0.25) is 0 Å². The third kappa shape index (κ3) is 1.48. The molecule has 12 heavy (non-hydrogen) atoms. The van der Waals surface area contributed by atoms with Crippen molar-refractivity contribution in [2.45, 2.75) is 11.2 Å². The number of alkyl halides is 1. The summed E-state index contributed by atoms with van der Waals surface area (Å²) in [7, 11) is 0. The summed E-state index contributed by atoms with van der Waals surface area (Å²) in [5.41, 5.74) is 2.39. The summed E-state index contributed by atoms with van der Waals surface area (Å²) in [6.07, 6.45) is 1.01. The molecule has 0 aromatic heterocycles. The highest BCUT2D eigenvalue weighted by Gasteiger charge is 2.17. The number of fused-ring (bicyclic) bond motifs is 1. The molecular weight excluding hydrogens is 282 g/mol. The van der Waals surface area contributed by atoms with Crippen LogP contribution in [0.15, 0.2) is 29.3 Å². The van der Waals surface area contributed by atoms with Gasteiger partial charge in [-0.05, 0) is 34.0 Å². The van der Waals surface area contributed by atoms with E-state index in [1.165, 1.54) is 5.56 Å². The van der Waals surface area contributed by atoms with Crippen molar-refractivity contribution in [1.29, 1.82) is 0 Å². The van der Waals surface area contributed by atoms with Gasteiger partial charge in [0.1, 0.15) is 0 Å². The molecule has 1 nitrogen and oxygen atoms in total. The van der Waals surface area contributed by atoms with E-state index in [4.69, 9.17) is 0 Å². The first-order chi connectivity index (χ1) is 5.77. The molecule has 0 radical (unpaired) electrons. The maximum atomic E-state index is 4.41. The number of halogens is 2. The second-order valence-corrected chi connectivity index (χ2v) is 4.65. The van der Waals surface area contributed by atoms with Crippen molar-refractivity contribution >= 4 is 42.2 Å². The fourth-order valence-electron chi connectivity index (χ4n) is 1.25. The number of para-hydroxylation sites is 1. The number of rotatable bonds is 0. The van der Waals surface area contributed by atoms with Gasteiger partial charge in [-0.2, -0.15) is 0 Å². The SMILES string of the molecule is BrC1=Nc2ccccc2CC1Br. The zero-order valence-corrected chi connectivity index (χ0v) is 9.47. The lowest BCUT2D eigenvalue weighted by Gasteiger charge is -2.16. The molecule has 0 saturated carbocycles. The predicted octanol–water partition coefficient (Wildman–Crippen LogP) is 3.43. The van der Waals surface area contributed by atoms with Crippen molar-refractivity contribution in [2.24, 2.45) is 4.99 Å². The van der Waals surface area contributed by atoms with Crippen LogP contribution in [0.25, 0.3) is 0 Å². The van der Waals surface area contributed by atoms with Crippen molar-refractivity contribution in [1.82, 2.24) is 0 Å². The Morgan fingerprint density at radius 1 is 1.33 bits per heavy atom. The van der Waals surface area contributed by atoms with Crippen LogP contribution in [0.5, 0.6) is 0 Å². The number of hydrogen-bond donors (Lipinski definition) is 0. The van der Waals surface area contributed by atoms with E-state index in [-0.39, 0.29) is 0 Å². The van der Waals surface area contributed by atoms with Gasteiger partial charge in [-0.3, -0.25) is 0 Å². The lowest BCUT2D eigenvalue weighted by atomic mass is 10.1. The second-order valence-electron chi connectivity index (χ2n) is 2.73. The quantitative estimate of drug-likeness (QED) is 0.649. The van der Waals surface area contributed by atoms with Gasteiger partial charge >= 0.3 is 0 Å². The molecule has 0 fully saturated rings. The Morgan fingerprint density at radius 3 is 2.92 bits per heavy atom. The highest BCUT2D eigenvalue weighted by Crippen LogP contribution is 2.29. The third-order valence-electron chi connectivity index (χ3n) is 1.88. The standard InChI is InChI=1S/C9H7Br2N/c10-7-5-6-3-1-2-4-8(6)12-9(7)11/h1-4,7H,5H2. The van der Waals surface area contributed by atoms with Crippen molar-refractivity contribution in [3.63, 3.8) is 0 Å². The highest BCUT2D eigenvalue weighted by atomic mass is 79.9. The summed E-state index contributed by atoms with van der Waals surface area (Å²) in [4.78, 5) is 4.75. The summed E-state index contributed by atoms with van der Waals surface area (Å²) < 4.78 is 0.987. The molecule has 1 aliphatic rings. The highest BCUT2D eigenvalue weighted by molar-refractivity contribution is 9.20. The molecule has 0 spiro atoms. The van der Waals surface area contributed by atoms with E-state index < -0.39 is 0 Å². The fraction of sp³-hybridized carbons (Fsp3) is 0.222. The second kappa shape index (κ2) is 3.30. The molecule has 1 unspecified atom stereocenters. The summed E-state index contributed by atoms with van der Waals surface area (Å²) >= 11 is 6.97. The molecule has 2 rings (SSSR count). The van der Waals surface area contributed by atoms with Crippen molar-refractivity contribution in [3.05, 3.63) is 29.8 Å². The van der Waals surface area contributed by atoms with Gasteiger partial charge in [0, 0.05) is 0 Å². The van der Waals surface area contributed by atoms with E-state index in [2.05, 4.69) is 42.9 Å². The summed E-state index contributed by atoms with van der Waals surface area (Å²) in [5.74, 6) is 0. The zero-order chi connectivity index (χ0) is 8.55. The van der Waals surface area contributed by atoms with Gasteiger partial charge in [0.05, 0.1) is 15.1 Å². The lowest BCUT2D eigenvalue weighted by molar-refractivity contribution is 1.05. The Hall–Kier alpha value is -0.150. The number of hydrogen-bond acceptors (Lipinski definition) is 1. The molecule has 62 valence electrons. The predicted molar refractivity (Wildman–Crippen MR) is 58.9 cm³/mol. The van der Waals surface area contributed by atoms with Gasteiger partial charge in [0.15, 0.2) is 0 Å². The topological polar surface area (TPSA) is 12.4 Å². The lowest BCUT2D eigenvalue weighted by Crippen LogP contribution is -2.14. The van der Waals surface area contributed by atoms with Gasteiger partial charge in [-0.15, -0.1) is 0 Å². The van der Waals surface area contributed by atoms with Crippen LogP contribution in [0.4, 0.5) is 5.69 Å². The molecule has 0 saturated heterocycles. The van der Waals surface area contributed by atoms with Crippen LogP contribution < -0.4 is 0 Å². The Kier molecular flexibility index (Phi) is 2.33. The van der Waals surface area contributed by atoms with Crippen molar-refractivity contribution < 1.29 is 0 Å². The average Bonchev–Trinajstić information content (AvgIpc) is 2.07. The Balaban J connectivity index is 2.49. The van der Waals surface area contributed by atoms with Crippen LogP contribution >= 0.6 is 31.9 Å². The molecule has 0 N–H and O–H groups in total. The largest absolute Gasteiger partial charge is 0.245 e. The van der Waals surface area contributed by atoms with Gasteiger partial charge in [-0.1, -0.05) is 34.1 Å². The van der Waals surface area contributed by atoms with Gasteiger partial charge in [0.2, 0.25) is 0 Å². The van der Waals surface area contributed by atoms with Crippen LogP contribution in [0.3, 0.4) is 0 Å². The van der Waals surface area contributed by atoms with E-state index >= 15 is 0 Å². The summed E-state index contributed by atoms with van der Waals surface area (Å²) in [6, 6.07) is 8.21. The summed E-state index contributed by atoms with van der Waals surface area (Å²) in [5, 5.41) is 0. The molecule has 1 atom stereocenters. The zero-order valence-electron chi connectivity index (χ0n) is 6.30. The van der Waals surface area contributed by atoms with Gasteiger partial charge in [-0.25, -0.2) is 4.99 Å². The minimum atomic E-state index is 0.340. The minimum Gasteiger partial charge on any atom is -0.245 e. The maximum absolute atomic E-state index is 4.41. The van der Waals surface area contributed by atoms with Crippen LogP contribution in [-0.4, -0.2) is 9.45 Å². The van der Waals surface area contributed by atoms with E-state index in [0.717, 1.165) is 16.7 Å². The average molecular weight is 289 g/mol. The van der Waals surface area contributed by atoms with E-state index in [1.807, 2.05) is 18.2 Å². The maximum Gasteiger partial charge on any atom is 0.0976 e. The molecule has 1 aromatic rings. The molecule has 1 aromatic carbocycles. The monoisotopic (exact) mass is 287 g/mol. The van der Waals surface area contributed by atoms with Gasteiger partial charge < -0.3 is 0 Å². The smallest absolute Gasteiger partial charge is 0.0976 e. The first kappa shape index (κ1) is 8.45. The first-order valence-corrected chi connectivity index (χ1v) is 5.44. The van der Waals surface area contributed by atoms with Crippen molar-refractivity contribution in [2.75, 3.05) is 0 Å². The molecule has 1 aliphatic heterocycles. The Morgan fingerprint density at radius 2 is 2.08 bits per heavy atom. The molecule has 0 amide bonds. The third-order valence-corrected chi connectivity index (χ3v) is 3.98. The first-order valence-electron chi connectivity index (χ1n) is 3.73. The molecule has 1 heterocycles. The van der Waals surface area contributed by atoms with E-state index in [0.29, 0.717) is 4.83 Å². The number of nitrogens with zero attached hydrogens (tertiary/aromatic N) is 1. The van der Waals surface area contributed by atoms with E-state index in [9.17, 15) is 0 Å². The molecule has 0 bridgehead atoms. The molecule has 3 heteroatoms. The van der Waals surface area contributed by atoms with Crippen LogP contribution in [-0.2, 0) is 6.42 Å². The Labute approximate surface area is 88.2 Å². The number of aliphatic imine (C=N–C) groups is 1. The minimum absolute atomic E-state index is 0.340. The normalized spacial score (nSPS) is 21.5. The van der Waals surface area contributed by atoms with Crippen LogP contribution in [0.1, 0.15) is 5.56 Å². The molecule has 0 aliphatic carbocycles. The fourth-order valence-corrected chi connectivity index (χ4v) is 2.06. The number of benzene rings is 1. The van der Waals surface area contributed by atoms with Crippen LogP contribution in [0, 0.1) is 0 Å². The Bertz CT molecular complexity index is 333. The van der Waals surface area contributed by atoms with Gasteiger partial charge in [0.25, 0.3) is 0 Å². The van der Waals surface area contributed by atoms with E-state index in [1.54, 1.807) is 0 Å². The van der Waals surface area contributed by atoms with Crippen molar-refractivity contribution in [3.8, 4) is 0 Å². The molecular formula is C9H7Br2N. The summed E-state index contributed by atoms with van der Waals surface area (Å²) in [6.45, 7) is 0.